The summed E-state index contributed by atoms with van der Waals surface area (Å²) in [5, 5.41) is 2.62. The molecule has 2 aliphatic carbocycles. The SMILES string of the molecule is CC1(C)c2ccccc2-c2ccc(-c3nc(-c4ccc(-c5cccc6sc7ccccc7c56)cc4)cc(-c4ccc5c(c4)C(c4ccccc4)(c4ccccc4)c4ccccc4-5)n3)cc21. The van der Waals surface area contributed by atoms with Crippen molar-refractivity contribution in [1.29, 1.82) is 0 Å². The van der Waals surface area contributed by atoms with Gasteiger partial charge < -0.3 is 0 Å². The van der Waals surface area contributed by atoms with Gasteiger partial charge in [-0.1, -0.05) is 202 Å². The summed E-state index contributed by atoms with van der Waals surface area (Å²) >= 11 is 1.86. The van der Waals surface area contributed by atoms with Gasteiger partial charge in [-0.25, -0.2) is 9.97 Å². The second-order valence-electron chi connectivity index (χ2n) is 18.0. The Hall–Kier alpha value is -7.72. The van der Waals surface area contributed by atoms with E-state index in [1.54, 1.807) is 0 Å². The van der Waals surface area contributed by atoms with Crippen molar-refractivity contribution in [2.75, 3.05) is 0 Å². The van der Waals surface area contributed by atoms with Crippen molar-refractivity contribution in [2.45, 2.75) is 24.7 Å². The van der Waals surface area contributed by atoms with E-state index in [0.29, 0.717) is 5.82 Å². The van der Waals surface area contributed by atoms with Gasteiger partial charge >= 0.3 is 0 Å². The van der Waals surface area contributed by atoms with Gasteiger partial charge in [-0.2, -0.15) is 0 Å². The molecule has 2 nitrogen and oxygen atoms in total. The van der Waals surface area contributed by atoms with Gasteiger partial charge in [0.2, 0.25) is 0 Å². The fourth-order valence-corrected chi connectivity index (χ4v) is 12.3. The van der Waals surface area contributed by atoms with Crippen molar-refractivity contribution in [3.8, 4) is 67.3 Å². The standard InChI is InChI=1S/C62H42N2S/c1-61(2)51-24-12-9-20-46(51)48-35-33-42(37-53(48)61)60-63-55(40-30-28-39(29-31-40)45-23-15-27-58-59(45)50-22-11-14-26-57(50)65-58)38-56(64-60)41-32-34-49-47-21-10-13-25-52(47)62(54(49)36-41,43-16-5-3-6-17-43)44-18-7-4-8-19-44/h3-38H,1-2H3. The molecule has 9 aromatic carbocycles. The van der Waals surface area contributed by atoms with Gasteiger partial charge in [0.1, 0.15) is 0 Å². The number of fused-ring (bicyclic) bond motifs is 9. The Balaban J connectivity index is 1.00. The molecule has 0 unspecified atom stereocenters. The topological polar surface area (TPSA) is 25.8 Å². The second-order valence-corrected chi connectivity index (χ2v) is 19.1. The van der Waals surface area contributed by atoms with Crippen LogP contribution < -0.4 is 0 Å². The molecular formula is C62H42N2S. The van der Waals surface area contributed by atoms with Crippen LogP contribution in [0.2, 0.25) is 0 Å². The van der Waals surface area contributed by atoms with Gasteiger partial charge in [0, 0.05) is 42.3 Å². The van der Waals surface area contributed by atoms with E-state index in [9.17, 15) is 0 Å². The van der Waals surface area contributed by atoms with Gasteiger partial charge in [-0.15, -0.1) is 11.3 Å². The van der Waals surface area contributed by atoms with Crippen molar-refractivity contribution in [3.05, 3.63) is 252 Å². The minimum Gasteiger partial charge on any atom is -0.228 e. The first-order chi connectivity index (χ1) is 32.0. The summed E-state index contributed by atoms with van der Waals surface area (Å²) in [5.74, 6) is 0.715. The number of thiophene rings is 1. The van der Waals surface area contributed by atoms with Gasteiger partial charge in [0.15, 0.2) is 5.82 Å². The zero-order valence-corrected chi connectivity index (χ0v) is 36.9. The number of rotatable bonds is 6. The molecule has 0 saturated heterocycles. The van der Waals surface area contributed by atoms with Gasteiger partial charge in [0.05, 0.1) is 16.8 Å². The average Bonchev–Trinajstić information content (AvgIpc) is 3.98. The Morgan fingerprint density at radius 1 is 0.354 bits per heavy atom. The van der Waals surface area contributed by atoms with Crippen molar-refractivity contribution >= 4 is 31.5 Å². The quantitative estimate of drug-likeness (QED) is 0.167. The highest BCUT2D eigenvalue weighted by atomic mass is 32.1. The maximum atomic E-state index is 5.50. The largest absolute Gasteiger partial charge is 0.228 e. The lowest BCUT2D eigenvalue weighted by molar-refractivity contribution is 0.660. The van der Waals surface area contributed by atoms with E-state index < -0.39 is 5.41 Å². The lowest BCUT2D eigenvalue weighted by Crippen LogP contribution is -2.28. The van der Waals surface area contributed by atoms with Crippen molar-refractivity contribution in [3.63, 3.8) is 0 Å². The van der Waals surface area contributed by atoms with Gasteiger partial charge in [-0.3, -0.25) is 0 Å². The molecule has 0 atom stereocenters. The van der Waals surface area contributed by atoms with Crippen LogP contribution in [-0.4, -0.2) is 9.97 Å². The minimum atomic E-state index is -0.518. The van der Waals surface area contributed by atoms with Crippen LogP contribution in [0.3, 0.4) is 0 Å². The van der Waals surface area contributed by atoms with Crippen molar-refractivity contribution in [2.24, 2.45) is 0 Å². The molecule has 2 aliphatic rings. The Kier molecular flexibility index (Phi) is 8.38. The predicted molar refractivity (Wildman–Crippen MR) is 272 cm³/mol. The van der Waals surface area contributed by atoms with Crippen LogP contribution in [0.15, 0.2) is 218 Å². The first kappa shape index (κ1) is 37.8. The van der Waals surface area contributed by atoms with E-state index >= 15 is 0 Å². The van der Waals surface area contributed by atoms with Crippen LogP contribution >= 0.6 is 11.3 Å². The summed E-state index contributed by atoms with van der Waals surface area (Å²) in [6.07, 6.45) is 0. The fraction of sp³-hybridized carbons (Fsp3) is 0.0645. The number of aromatic nitrogens is 2. The third kappa shape index (κ3) is 5.65. The average molecular weight is 847 g/mol. The number of nitrogens with zero attached hydrogens (tertiary/aromatic N) is 2. The first-order valence-corrected chi connectivity index (χ1v) is 23.3. The highest BCUT2D eigenvalue weighted by Gasteiger charge is 2.46. The third-order valence-corrected chi connectivity index (χ3v) is 15.4. The zero-order chi connectivity index (χ0) is 43.3. The van der Waals surface area contributed by atoms with Gasteiger partial charge in [-0.05, 0) is 97.1 Å². The molecule has 0 amide bonds. The normalized spacial score (nSPS) is 13.9. The van der Waals surface area contributed by atoms with Crippen molar-refractivity contribution in [1.82, 2.24) is 9.97 Å². The number of benzene rings is 9. The highest BCUT2D eigenvalue weighted by molar-refractivity contribution is 7.25. The molecule has 0 fully saturated rings. The third-order valence-electron chi connectivity index (χ3n) is 14.2. The lowest BCUT2D eigenvalue weighted by atomic mass is 9.67. The minimum absolute atomic E-state index is 0.151. The smallest absolute Gasteiger partial charge is 0.160 e. The van der Waals surface area contributed by atoms with Crippen LogP contribution in [0.1, 0.15) is 47.2 Å². The van der Waals surface area contributed by atoms with Crippen LogP contribution in [0.4, 0.5) is 0 Å². The van der Waals surface area contributed by atoms with Crippen LogP contribution in [0.25, 0.3) is 87.5 Å². The molecule has 0 aliphatic heterocycles. The molecule has 13 rings (SSSR count). The summed E-state index contributed by atoms with van der Waals surface area (Å²) in [4.78, 5) is 10.9. The zero-order valence-electron chi connectivity index (χ0n) is 36.1. The lowest BCUT2D eigenvalue weighted by Gasteiger charge is -2.34. The summed E-state index contributed by atoms with van der Waals surface area (Å²) < 4.78 is 2.62. The Morgan fingerprint density at radius 2 is 0.862 bits per heavy atom. The molecule has 0 bridgehead atoms. The van der Waals surface area contributed by atoms with Crippen LogP contribution in [0, 0.1) is 0 Å². The molecule has 2 aromatic heterocycles. The molecule has 0 saturated carbocycles. The monoisotopic (exact) mass is 846 g/mol. The first-order valence-electron chi connectivity index (χ1n) is 22.5. The number of hydrogen-bond acceptors (Lipinski definition) is 3. The summed E-state index contributed by atoms with van der Waals surface area (Å²) in [5.41, 5.74) is 19.4. The van der Waals surface area contributed by atoms with E-state index in [0.717, 1.165) is 28.1 Å². The second kappa shape index (κ2) is 14.4. The molecule has 11 aromatic rings. The molecule has 306 valence electrons. The fourth-order valence-electron chi connectivity index (χ4n) is 11.2. The number of hydrogen-bond donors (Lipinski definition) is 0. The molecule has 0 radical (unpaired) electrons. The Labute approximate surface area is 383 Å². The van der Waals surface area contributed by atoms with E-state index in [1.165, 1.54) is 86.9 Å². The van der Waals surface area contributed by atoms with E-state index in [2.05, 4.69) is 232 Å². The van der Waals surface area contributed by atoms with E-state index in [4.69, 9.17) is 9.97 Å². The molecule has 2 heterocycles. The predicted octanol–water partition coefficient (Wildman–Crippen LogP) is 16.2. The van der Waals surface area contributed by atoms with Gasteiger partial charge in [0.25, 0.3) is 0 Å². The molecule has 65 heavy (non-hydrogen) atoms. The summed E-state index contributed by atoms with van der Waals surface area (Å²) in [6, 6.07) is 80.1. The Bertz CT molecular complexity index is 3640. The highest BCUT2D eigenvalue weighted by Crippen LogP contribution is 2.57. The van der Waals surface area contributed by atoms with Crippen LogP contribution in [-0.2, 0) is 10.8 Å². The summed E-state index contributed by atoms with van der Waals surface area (Å²) in [6.45, 7) is 4.67. The molecule has 0 spiro atoms. The summed E-state index contributed by atoms with van der Waals surface area (Å²) in [7, 11) is 0. The van der Waals surface area contributed by atoms with Crippen LogP contribution in [0.5, 0.6) is 0 Å². The maximum absolute atomic E-state index is 5.50. The van der Waals surface area contributed by atoms with E-state index in [-0.39, 0.29) is 5.41 Å². The molecule has 3 heteroatoms. The molecule has 0 N–H and O–H groups in total. The Morgan fingerprint density at radius 3 is 1.60 bits per heavy atom. The maximum Gasteiger partial charge on any atom is 0.160 e. The van der Waals surface area contributed by atoms with E-state index in [1.807, 2.05) is 11.3 Å². The molecular weight excluding hydrogens is 805 g/mol. The van der Waals surface area contributed by atoms with Crippen molar-refractivity contribution < 1.29 is 0 Å².